The Hall–Kier alpha value is -2.58. The molecule has 1 aliphatic heterocycles. The van der Waals surface area contributed by atoms with E-state index in [0.717, 1.165) is 12.1 Å². The Bertz CT molecular complexity index is 683. The third kappa shape index (κ3) is 5.47. The van der Waals surface area contributed by atoms with E-state index in [-0.39, 0.29) is 30.3 Å². The van der Waals surface area contributed by atoms with E-state index >= 15 is 0 Å². The van der Waals surface area contributed by atoms with Gasteiger partial charge in [-0.3, -0.25) is 14.4 Å². The van der Waals surface area contributed by atoms with Gasteiger partial charge in [-0.05, 0) is 18.2 Å². The van der Waals surface area contributed by atoms with E-state index in [1.807, 2.05) is 0 Å². The summed E-state index contributed by atoms with van der Waals surface area (Å²) in [6.45, 7) is 3.20. The highest BCUT2D eigenvalue weighted by Crippen LogP contribution is 2.30. The van der Waals surface area contributed by atoms with E-state index in [0.29, 0.717) is 26.2 Å². The lowest BCUT2D eigenvalue weighted by Crippen LogP contribution is -2.50. The predicted octanol–water partition coefficient (Wildman–Crippen LogP) is 2.11. The smallest absolute Gasteiger partial charge is 0.339 e. The van der Waals surface area contributed by atoms with Gasteiger partial charge < -0.3 is 15.1 Å². The van der Waals surface area contributed by atoms with Crippen LogP contribution in [0.2, 0.25) is 0 Å². The third-order valence-electron chi connectivity index (χ3n) is 4.12. The number of piperazine rings is 1. The molecule has 1 aromatic rings. The van der Waals surface area contributed by atoms with Crippen molar-refractivity contribution < 1.29 is 27.6 Å². The van der Waals surface area contributed by atoms with E-state index < -0.39 is 17.6 Å². The molecule has 0 saturated carbocycles. The number of carbonyl (C=O) groups is 3. The van der Waals surface area contributed by atoms with Crippen LogP contribution in [-0.4, -0.2) is 53.7 Å². The zero-order chi connectivity index (χ0) is 19.3. The Balaban J connectivity index is 1.80. The summed E-state index contributed by atoms with van der Waals surface area (Å²) in [5, 5.41) is 2.37. The molecule has 1 aromatic carbocycles. The van der Waals surface area contributed by atoms with Crippen molar-refractivity contribution >= 4 is 23.4 Å². The van der Waals surface area contributed by atoms with Crippen molar-refractivity contribution in [2.75, 3.05) is 31.5 Å². The number of nitrogens with one attached hydrogen (secondary N) is 1. The molecular weight excluding hydrogens is 351 g/mol. The summed E-state index contributed by atoms with van der Waals surface area (Å²) in [5.74, 6) is -0.787. The minimum absolute atomic E-state index is 0.0346. The van der Waals surface area contributed by atoms with Crippen LogP contribution in [0.4, 0.5) is 18.9 Å². The molecule has 0 aliphatic carbocycles. The van der Waals surface area contributed by atoms with Crippen molar-refractivity contribution in [2.45, 2.75) is 25.9 Å². The van der Waals surface area contributed by atoms with Crippen molar-refractivity contribution in [3.05, 3.63) is 29.8 Å². The van der Waals surface area contributed by atoms with Gasteiger partial charge in [0.25, 0.3) is 0 Å². The zero-order valence-corrected chi connectivity index (χ0v) is 14.3. The molecule has 0 bridgehead atoms. The molecule has 1 fully saturated rings. The van der Waals surface area contributed by atoms with Gasteiger partial charge in [-0.15, -0.1) is 0 Å². The molecule has 1 aliphatic rings. The molecule has 3 amide bonds. The van der Waals surface area contributed by atoms with Crippen LogP contribution < -0.4 is 5.32 Å². The summed E-state index contributed by atoms with van der Waals surface area (Å²) in [6.07, 6.45) is -4.65. The summed E-state index contributed by atoms with van der Waals surface area (Å²) in [4.78, 5) is 38.5. The molecule has 9 heteroatoms. The Kier molecular flexibility index (Phi) is 6.23. The average Bonchev–Trinajstić information content (AvgIpc) is 2.59. The lowest BCUT2D eigenvalue weighted by atomic mass is 10.2. The van der Waals surface area contributed by atoms with Gasteiger partial charge in [0.15, 0.2) is 0 Å². The number of carbonyl (C=O) groups excluding carboxylic acids is 3. The maximum absolute atomic E-state index is 12.7. The van der Waals surface area contributed by atoms with Gasteiger partial charge in [-0.2, -0.15) is 13.2 Å². The highest BCUT2D eigenvalue weighted by Gasteiger charge is 2.30. The second-order valence-electron chi connectivity index (χ2n) is 6.01. The van der Waals surface area contributed by atoms with Crippen LogP contribution in [0.3, 0.4) is 0 Å². The quantitative estimate of drug-likeness (QED) is 0.881. The highest BCUT2D eigenvalue weighted by molar-refractivity contribution is 5.93. The molecule has 0 spiro atoms. The number of halogens is 3. The lowest BCUT2D eigenvalue weighted by Gasteiger charge is -2.34. The van der Waals surface area contributed by atoms with Gasteiger partial charge in [0.05, 0.1) is 5.56 Å². The van der Waals surface area contributed by atoms with Crippen LogP contribution in [0.1, 0.15) is 25.3 Å². The number of amides is 3. The first-order valence-electron chi connectivity index (χ1n) is 8.17. The van der Waals surface area contributed by atoms with Crippen LogP contribution >= 0.6 is 0 Å². The van der Waals surface area contributed by atoms with Gasteiger partial charge in [-0.25, -0.2) is 0 Å². The maximum atomic E-state index is 12.7. The van der Waals surface area contributed by atoms with Gasteiger partial charge >= 0.3 is 6.18 Å². The molecule has 2 rings (SSSR count). The first-order chi connectivity index (χ1) is 12.2. The predicted molar refractivity (Wildman–Crippen MR) is 88.1 cm³/mol. The van der Waals surface area contributed by atoms with E-state index in [4.69, 9.17) is 0 Å². The minimum Gasteiger partial charge on any atom is -0.339 e. The second kappa shape index (κ2) is 8.20. The lowest BCUT2D eigenvalue weighted by molar-refractivity contribution is -0.139. The molecule has 0 unspecified atom stereocenters. The van der Waals surface area contributed by atoms with Gasteiger partial charge in [0.1, 0.15) is 0 Å². The summed E-state index contributed by atoms with van der Waals surface area (Å²) in [6, 6.07) is 4.33. The number of nitrogens with zero attached hydrogens (tertiary/aromatic N) is 2. The summed E-state index contributed by atoms with van der Waals surface area (Å²) in [7, 11) is 0. The largest absolute Gasteiger partial charge is 0.416 e. The monoisotopic (exact) mass is 371 g/mol. The van der Waals surface area contributed by atoms with Crippen molar-refractivity contribution in [3.63, 3.8) is 0 Å². The Morgan fingerprint density at radius 3 is 2.23 bits per heavy atom. The fraction of sp³-hybridized carbons (Fsp3) is 0.471. The van der Waals surface area contributed by atoms with Crippen LogP contribution in [0.25, 0.3) is 0 Å². The standard InChI is InChI=1S/C17H20F3N3O3/c1-12(24)22-7-9-23(10-8-22)16(26)6-5-15(25)21-14-4-2-3-13(11-14)17(18,19)20/h2-4,11H,5-10H2,1H3,(H,21,25). The molecule has 6 nitrogen and oxygen atoms in total. The van der Waals surface area contributed by atoms with Crippen LogP contribution in [0.5, 0.6) is 0 Å². The number of anilines is 1. The van der Waals surface area contributed by atoms with E-state index in [2.05, 4.69) is 5.32 Å². The van der Waals surface area contributed by atoms with E-state index in [1.54, 1.807) is 9.80 Å². The first-order valence-corrected chi connectivity index (χ1v) is 8.17. The Morgan fingerprint density at radius 2 is 1.65 bits per heavy atom. The summed E-state index contributed by atoms with van der Waals surface area (Å²) < 4.78 is 38.0. The number of rotatable bonds is 4. The number of hydrogen-bond acceptors (Lipinski definition) is 3. The summed E-state index contributed by atoms with van der Waals surface area (Å²) in [5.41, 5.74) is -0.818. The third-order valence-corrected chi connectivity index (χ3v) is 4.12. The average molecular weight is 371 g/mol. The second-order valence-corrected chi connectivity index (χ2v) is 6.01. The molecule has 0 atom stereocenters. The SMILES string of the molecule is CC(=O)N1CCN(C(=O)CCC(=O)Nc2cccc(C(F)(F)F)c2)CC1. The fourth-order valence-corrected chi connectivity index (χ4v) is 2.65. The molecule has 142 valence electrons. The Labute approximate surface area is 148 Å². The van der Waals surface area contributed by atoms with Crippen LogP contribution in [0.15, 0.2) is 24.3 Å². The van der Waals surface area contributed by atoms with Crippen LogP contribution in [-0.2, 0) is 20.6 Å². The molecule has 1 N–H and O–H groups in total. The number of hydrogen-bond donors (Lipinski definition) is 1. The summed E-state index contributed by atoms with van der Waals surface area (Å²) >= 11 is 0. The molecular formula is C17H20F3N3O3. The normalized spacial score (nSPS) is 14.9. The van der Waals surface area contributed by atoms with Crippen molar-refractivity contribution in [3.8, 4) is 0 Å². The van der Waals surface area contributed by atoms with Crippen LogP contribution in [0, 0.1) is 0 Å². The maximum Gasteiger partial charge on any atom is 0.416 e. The number of alkyl halides is 3. The highest BCUT2D eigenvalue weighted by atomic mass is 19.4. The van der Waals surface area contributed by atoms with Gasteiger partial charge in [0, 0.05) is 51.6 Å². The van der Waals surface area contributed by atoms with E-state index in [9.17, 15) is 27.6 Å². The Morgan fingerprint density at radius 1 is 1.04 bits per heavy atom. The van der Waals surface area contributed by atoms with Gasteiger partial charge in [-0.1, -0.05) is 6.07 Å². The molecule has 1 heterocycles. The van der Waals surface area contributed by atoms with Crippen molar-refractivity contribution in [1.29, 1.82) is 0 Å². The fourth-order valence-electron chi connectivity index (χ4n) is 2.65. The minimum atomic E-state index is -4.49. The van der Waals surface area contributed by atoms with E-state index in [1.165, 1.54) is 19.1 Å². The van der Waals surface area contributed by atoms with Crippen molar-refractivity contribution in [2.24, 2.45) is 0 Å². The zero-order valence-electron chi connectivity index (χ0n) is 14.3. The number of benzene rings is 1. The molecule has 0 aromatic heterocycles. The topological polar surface area (TPSA) is 69.7 Å². The molecule has 26 heavy (non-hydrogen) atoms. The van der Waals surface area contributed by atoms with Crippen molar-refractivity contribution in [1.82, 2.24) is 9.80 Å². The first kappa shape index (κ1) is 19.7. The van der Waals surface area contributed by atoms with Gasteiger partial charge in [0.2, 0.25) is 17.7 Å². The molecule has 1 saturated heterocycles. The molecule has 0 radical (unpaired) electrons.